The lowest BCUT2D eigenvalue weighted by Gasteiger charge is -2.35. The first-order valence-corrected chi connectivity index (χ1v) is 9.83. The molecule has 0 unspecified atom stereocenters. The average molecular weight is 460 g/mol. The number of piperazine rings is 1. The van der Waals surface area contributed by atoms with Gasteiger partial charge in [0, 0.05) is 37.8 Å². The van der Waals surface area contributed by atoms with Crippen molar-refractivity contribution in [1.29, 1.82) is 0 Å². The Bertz CT molecular complexity index is 1000. The molecular formula is C20H21ClF3N3O4. The molecule has 0 radical (unpaired) electrons. The summed E-state index contributed by atoms with van der Waals surface area (Å²) in [4.78, 5) is 32.2. The number of alkyl halides is 3. The number of carbonyl (C=O) groups excluding carboxylic acids is 2. The quantitative estimate of drug-likeness (QED) is 0.662. The lowest BCUT2D eigenvalue weighted by atomic mass is 10.1. The highest BCUT2D eigenvalue weighted by molar-refractivity contribution is 6.38. The van der Waals surface area contributed by atoms with Gasteiger partial charge in [-0.1, -0.05) is 11.6 Å². The van der Waals surface area contributed by atoms with Gasteiger partial charge >= 0.3 is 12.5 Å². The van der Waals surface area contributed by atoms with Gasteiger partial charge in [-0.25, -0.2) is 4.79 Å². The topological polar surface area (TPSA) is 72.0 Å². The van der Waals surface area contributed by atoms with Crippen molar-refractivity contribution in [2.45, 2.75) is 32.7 Å². The molecule has 0 saturated carbocycles. The summed E-state index contributed by atoms with van der Waals surface area (Å²) in [5, 5.41) is 0.152. The summed E-state index contributed by atoms with van der Waals surface area (Å²) in [6.45, 7) is 6.37. The summed E-state index contributed by atoms with van der Waals surface area (Å²) in [6.07, 6.45) is -4.02. The maximum absolute atomic E-state index is 12.9. The van der Waals surface area contributed by atoms with Crippen molar-refractivity contribution in [3.63, 3.8) is 0 Å². The van der Waals surface area contributed by atoms with Gasteiger partial charge in [0.2, 0.25) is 0 Å². The van der Waals surface area contributed by atoms with E-state index in [4.69, 9.17) is 16.3 Å². The number of amides is 2. The summed E-state index contributed by atoms with van der Waals surface area (Å²) >= 11 is 6.34. The van der Waals surface area contributed by atoms with Crippen LogP contribution in [0.4, 0.5) is 18.0 Å². The molecule has 1 fully saturated rings. The predicted octanol–water partition coefficient (Wildman–Crippen LogP) is 4.48. The molecule has 0 spiro atoms. The van der Waals surface area contributed by atoms with Crippen LogP contribution in [0.15, 0.2) is 24.4 Å². The number of nitrogens with zero attached hydrogens (tertiary/aromatic N) is 3. The minimum atomic E-state index is -4.85. The molecule has 0 atom stereocenters. The summed E-state index contributed by atoms with van der Waals surface area (Å²) in [7, 11) is 0. The van der Waals surface area contributed by atoms with Crippen LogP contribution in [0.1, 0.15) is 31.1 Å². The van der Waals surface area contributed by atoms with E-state index in [1.807, 2.05) is 0 Å². The molecule has 1 aliphatic heterocycles. The molecule has 2 heterocycles. The van der Waals surface area contributed by atoms with E-state index in [0.717, 1.165) is 12.1 Å². The van der Waals surface area contributed by atoms with Crippen LogP contribution < -0.4 is 4.74 Å². The van der Waals surface area contributed by atoms with Crippen molar-refractivity contribution in [2.24, 2.45) is 0 Å². The van der Waals surface area contributed by atoms with Gasteiger partial charge in [0.15, 0.2) is 0 Å². The second kappa shape index (κ2) is 8.41. The molecule has 0 N–H and O–H groups in total. The fraction of sp³-hybridized carbons (Fsp3) is 0.450. The molecule has 11 heteroatoms. The fourth-order valence-corrected chi connectivity index (χ4v) is 3.36. The Morgan fingerprint density at radius 3 is 2.26 bits per heavy atom. The Kier molecular flexibility index (Phi) is 6.22. The van der Waals surface area contributed by atoms with Crippen LogP contribution in [-0.2, 0) is 4.74 Å². The Morgan fingerprint density at radius 2 is 1.68 bits per heavy atom. The molecule has 1 aromatic heterocycles. The van der Waals surface area contributed by atoms with E-state index in [0.29, 0.717) is 5.52 Å². The molecule has 2 amide bonds. The number of ether oxygens (including phenoxy) is 2. The van der Waals surface area contributed by atoms with Gasteiger partial charge in [-0.3, -0.25) is 9.78 Å². The van der Waals surface area contributed by atoms with Crippen LogP contribution in [0.5, 0.6) is 5.75 Å². The first-order chi connectivity index (χ1) is 14.3. The van der Waals surface area contributed by atoms with E-state index < -0.39 is 29.7 Å². The lowest BCUT2D eigenvalue weighted by Crippen LogP contribution is -2.51. The largest absolute Gasteiger partial charge is 0.573 e. The normalized spacial score (nSPS) is 15.2. The molecule has 31 heavy (non-hydrogen) atoms. The Balaban J connectivity index is 1.75. The molecule has 1 aliphatic rings. The molecule has 168 valence electrons. The number of benzene rings is 1. The third-order valence-corrected chi connectivity index (χ3v) is 4.86. The number of rotatable bonds is 2. The highest BCUT2D eigenvalue weighted by Crippen LogP contribution is 2.32. The average Bonchev–Trinajstić information content (AvgIpc) is 2.66. The summed E-state index contributed by atoms with van der Waals surface area (Å²) < 4.78 is 46.8. The summed E-state index contributed by atoms with van der Waals surface area (Å²) in [5.41, 5.74) is -0.238. The van der Waals surface area contributed by atoms with Crippen LogP contribution in [0.25, 0.3) is 10.9 Å². The lowest BCUT2D eigenvalue weighted by molar-refractivity contribution is -0.274. The number of carbonyl (C=O) groups is 2. The fourth-order valence-electron chi connectivity index (χ4n) is 3.07. The number of halogens is 4. The van der Waals surface area contributed by atoms with E-state index in [1.54, 1.807) is 20.8 Å². The third-order valence-electron chi connectivity index (χ3n) is 4.46. The maximum Gasteiger partial charge on any atom is 0.573 e. The molecule has 3 rings (SSSR count). The summed E-state index contributed by atoms with van der Waals surface area (Å²) in [6, 6.07) is 3.54. The third kappa shape index (κ3) is 5.69. The minimum absolute atomic E-state index is 0.0165. The van der Waals surface area contributed by atoms with Gasteiger partial charge < -0.3 is 19.3 Å². The van der Waals surface area contributed by atoms with Crippen molar-refractivity contribution in [3.8, 4) is 5.75 Å². The van der Waals surface area contributed by atoms with Crippen molar-refractivity contribution < 1.29 is 32.2 Å². The molecule has 2 aromatic rings. The van der Waals surface area contributed by atoms with Crippen LogP contribution >= 0.6 is 11.6 Å². The smallest absolute Gasteiger partial charge is 0.444 e. The van der Waals surface area contributed by atoms with E-state index >= 15 is 0 Å². The zero-order chi connectivity index (χ0) is 23.0. The van der Waals surface area contributed by atoms with Gasteiger partial charge in [0.1, 0.15) is 11.4 Å². The van der Waals surface area contributed by atoms with E-state index in [9.17, 15) is 22.8 Å². The first-order valence-electron chi connectivity index (χ1n) is 9.45. The van der Waals surface area contributed by atoms with Crippen molar-refractivity contribution in [3.05, 3.63) is 35.0 Å². The highest BCUT2D eigenvalue weighted by atomic mass is 35.5. The molecular weight excluding hydrogens is 439 g/mol. The van der Waals surface area contributed by atoms with Crippen LogP contribution in [-0.4, -0.2) is 64.9 Å². The standard InChI is InChI=1S/C20H21ClF3N3O4/c1-19(2,3)31-18(29)27-8-6-26(7-9-27)17(28)14-11-25-15-5-4-12(30-20(22,23)24)10-13(15)16(14)21/h4-5,10-11H,6-9H2,1-3H3. The number of aromatic nitrogens is 1. The Morgan fingerprint density at radius 1 is 1.06 bits per heavy atom. The number of hydrogen-bond acceptors (Lipinski definition) is 5. The highest BCUT2D eigenvalue weighted by Gasteiger charge is 2.32. The van der Waals surface area contributed by atoms with Crippen LogP contribution in [0.3, 0.4) is 0 Å². The molecule has 7 nitrogen and oxygen atoms in total. The second-order valence-electron chi connectivity index (χ2n) is 7.97. The number of fused-ring (bicyclic) bond motifs is 1. The maximum atomic E-state index is 12.9. The van der Waals surface area contributed by atoms with Crippen molar-refractivity contribution >= 4 is 34.5 Å². The van der Waals surface area contributed by atoms with Gasteiger partial charge in [0.25, 0.3) is 5.91 Å². The Hall–Kier alpha value is -2.75. The zero-order valence-electron chi connectivity index (χ0n) is 17.1. The predicted molar refractivity (Wildman–Crippen MR) is 107 cm³/mol. The SMILES string of the molecule is CC(C)(C)OC(=O)N1CCN(C(=O)c2cnc3ccc(OC(F)(F)F)cc3c2Cl)CC1. The summed E-state index contributed by atoms with van der Waals surface area (Å²) in [5.74, 6) is -0.885. The van der Waals surface area contributed by atoms with Crippen molar-refractivity contribution in [1.82, 2.24) is 14.8 Å². The molecule has 0 bridgehead atoms. The van der Waals surface area contributed by atoms with Crippen LogP contribution in [0.2, 0.25) is 5.02 Å². The first kappa shape index (κ1) is 22.9. The van der Waals surface area contributed by atoms with Crippen LogP contribution in [0, 0.1) is 0 Å². The second-order valence-corrected chi connectivity index (χ2v) is 8.35. The number of hydrogen-bond donors (Lipinski definition) is 0. The van der Waals surface area contributed by atoms with E-state index in [2.05, 4.69) is 9.72 Å². The van der Waals surface area contributed by atoms with Gasteiger partial charge in [-0.15, -0.1) is 13.2 Å². The minimum Gasteiger partial charge on any atom is -0.444 e. The van der Waals surface area contributed by atoms with E-state index in [1.165, 1.54) is 22.1 Å². The number of pyridine rings is 1. The monoisotopic (exact) mass is 459 g/mol. The molecule has 1 saturated heterocycles. The van der Waals surface area contributed by atoms with Gasteiger partial charge in [0.05, 0.1) is 16.1 Å². The van der Waals surface area contributed by atoms with Gasteiger partial charge in [-0.2, -0.15) is 0 Å². The zero-order valence-corrected chi connectivity index (χ0v) is 17.9. The molecule has 0 aliphatic carbocycles. The molecule has 1 aromatic carbocycles. The van der Waals surface area contributed by atoms with E-state index in [-0.39, 0.29) is 42.2 Å². The van der Waals surface area contributed by atoms with Crippen molar-refractivity contribution in [2.75, 3.05) is 26.2 Å². The van der Waals surface area contributed by atoms with Gasteiger partial charge in [-0.05, 0) is 39.0 Å². The Labute approximate surface area is 181 Å².